The molecule has 0 saturated carbocycles. The van der Waals surface area contributed by atoms with E-state index in [1.807, 2.05) is 0 Å². The Morgan fingerprint density at radius 1 is 1.50 bits per heavy atom. The van der Waals surface area contributed by atoms with Crippen LogP contribution in [0.25, 0.3) is 0 Å². The van der Waals surface area contributed by atoms with Gasteiger partial charge in [-0.2, -0.15) is 0 Å². The number of methoxy groups -OCH3 is 1. The highest BCUT2D eigenvalue weighted by Gasteiger charge is 2.23. The lowest BCUT2D eigenvalue weighted by Gasteiger charge is -2.17. The Morgan fingerprint density at radius 2 is 2.11 bits per heavy atom. The predicted octanol–water partition coefficient (Wildman–Crippen LogP) is 1.28. The summed E-state index contributed by atoms with van der Waals surface area (Å²) in [4.78, 5) is 21.9. The van der Waals surface area contributed by atoms with Crippen molar-refractivity contribution in [1.29, 1.82) is 0 Å². The molecule has 0 atom stereocenters. The predicted molar refractivity (Wildman–Crippen MR) is 66.5 cm³/mol. The Kier molecular flexibility index (Phi) is 3.87. The highest BCUT2D eigenvalue weighted by Crippen LogP contribution is 2.29. The normalized spacial score (nSPS) is 10.9. The first-order valence-electron chi connectivity index (χ1n) is 5.18. The molecule has 7 nitrogen and oxygen atoms in total. The molecule has 0 radical (unpaired) electrons. The maximum absolute atomic E-state index is 11.6. The van der Waals surface area contributed by atoms with Crippen molar-refractivity contribution in [2.45, 2.75) is 19.4 Å². The minimum atomic E-state index is -1.06. The highest BCUT2D eigenvalue weighted by atomic mass is 16.6. The van der Waals surface area contributed by atoms with Gasteiger partial charge in [-0.25, -0.2) is 0 Å². The third-order valence-electron chi connectivity index (χ3n) is 2.22. The molecule has 0 aliphatic rings. The van der Waals surface area contributed by atoms with E-state index in [1.54, 1.807) is 13.8 Å². The summed E-state index contributed by atoms with van der Waals surface area (Å²) >= 11 is 0. The van der Waals surface area contributed by atoms with Crippen molar-refractivity contribution in [2.24, 2.45) is 5.73 Å². The molecule has 0 fully saturated rings. The van der Waals surface area contributed by atoms with Crippen molar-refractivity contribution in [3.63, 3.8) is 0 Å². The van der Waals surface area contributed by atoms with Crippen LogP contribution in [0.2, 0.25) is 0 Å². The van der Waals surface area contributed by atoms with Crippen LogP contribution >= 0.6 is 0 Å². The van der Waals surface area contributed by atoms with Crippen LogP contribution in [0.1, 0.15) is 13.8 Å². The van der Waals surface area contributed by atoms with Gasteiger partial charge in [0.1, 0.15) is 0 Å². The molecular formula is C11H15N3O4. The van der Waals surface area contributed by atoms with Crippen molar-refractivity contribution < 1.29 is 14.5 Å². The van der Waals surface area contributed by atoms with Gasteiger partial charge in [-0.1, -0.05) is 0 Å². The van der Waals surface area contributed by atoms with Gasteiger partial charge in [0.2, 0.25) is 5.91 Å². The first kappa shape index (κ1) is 13.9. The number of nitro groups is 1. The number of nitrogens with one attached hydrogen (secondary N) is 1. The zero-order chi connectivity index (χ0) is 13.9. The minimum absolute atomic E-state index is 0.130. The third kappa shape index (κ3) is 3.17. The minimum Gasteiger partial charge on any atom is -0.490 e. The number of carbonyl (C=O) groups excluding carboxylic acids is 1. The molecule has 0 unspecified atom stereocenters. The van der Waals surface area contributed by atoms with Crippen molar-refractivity contribution in [2.75, 3.05) is 12.4 Å². The summed E-state index contributed by atoms with van der Waals surface area (Å²) in [5.41, 5.74) is 4.63. The van der Waals surface area contributed by atoms with Crippen LogP contribution in [0.15, 0.2) is 18.2 Å². The second-order valence-electron chi connectivity index (χ2n) is 4.32. The Bertz CT molecular complexity index is 480. The SMILES string of the molecule is COc1ccc(NC(=O)C(C)(C)N)cc1[N+](=O)[O-]. The average molecular weight is 253 g/mol. The fourth-order valence-electron chi connectivity index (χ4n) is 1.20. The lowest BCUT2D eigenvalue weighted by molar-refractivity contribution is -0.385. The summed E-state index contributed by atoms with van der Waals surface area (Å²) in [6, 6.07) is 4.15. The number of benzene rings is 1. The molecule has 1 rings (SSSR count). The molecule has 0 aliphatic heterocycles. The lowest BCUT2D eigenvalue weighted by atomic mass is 10.1. The van der Waals surface area contributed by atoms with E-state index in [1.165, 1.54) is 25.3 Å². The standard InChI is InChI=1S/C11H15N3O4/c1-11(2,12)10(15)13-7-4-5-9(18-3)8(6-7)14(16)17/h4-6H,12H2,1-3H3,(H,13,15). The number of amides is 1. The second kappa shape index (κ2) is 5.01. The van der Waals surface area contributed by atoms with Gasteiger partial charge in [-0.05, 0) is 26.0 Å². The summed E-state index contributed by atoms with van der Waals surface area (Å²) in [5, 5.41) is 13.3. The van der Waals surface area contributed by atoms with Crippen LogP contribution in [0.5, 0.6) is 5.75 Å². The van der Waals surface area contributed by atoms with E-state index in [9.17, 15) is 14.9 Å². The van der Waals surface area contributed by atoms with E-state index < -0.39 is 16.4 Å². The van der Waals surface area contributed by atoms with E-state index in [2.05, 4.69) is 5.32 Å². The topological polar surface area (TPSA) is 107 Å². The Labute approximate surface area is 104 Å². The van der Waals surface area contributed by atoms with Crippen LogP contribution < -0.4 is 15.8 Å². The Morgan fingerprint density at radius 3 is 2.56 bits per heavy atom. The molecule has 0 saturated heterocycles. The average Bonchev–Trinajstić information content (AvgIpc) is 2.27. The molecule has 0 aliphatic carbocycles. The fourth-order valence-corrected chi connectivity index (χ4v) is 1.20. The van der Waals surface area contributed by atoms with Crippen LogP contribution in [0.4, 0.5) is 11.4 Å². The number of nitro benzene ring substituents is 1. The quantitative estimate of drug-likeness (QED) is 0.620. The zero-order valence-corrected chi connectivity index (χ0v) is 10.4. The number of hydrogen-bond acceptors (Lipinski definition) is 5. The smallest absolute Gasteiger partial charge is 0.312 e. The molecular weight excluding hydrogens is 238 g/mol. The number of nitrogens with two attached hydrogens (primary N) is 1. The van der Waals surface area contributed by atoms with Crippen LogP contribution in [0.3, 0.4) is 0 Å². The Hall–Kier alpha value is -2.15. The molecule has 1 aromatic rings. The number of hydrogen-bond donors (Lipinski definition) is 2. The number of nitrogens with zero attached hydrogens (tertiary/aromatic N) is 1. The van der Waals surface area contributed by atoms with Gasteiger partial charge in [-0.15, -0.1) is 0 Å². The summed E-state index contributed by atoms with van der Waals surface area (Å²) in [6.45, 7) is 3.08. The molecule has 0 aromatic heterocycles. The fraction of sp³-hybridized carbons (Fsp3) is 0.364. The second-order valence-corrected chi connectivity index (χ2v) is 4.32. The van der Waals surface area contributed by atoms with Crippen LogP contribution in [-0.4, -0.2) is 23.5 Å². The zero-order valence-electron chi connectivity index (χ0n) is 10.4. The van der Waals surface area contributed by atoms with Gasteiger partial charge in [0, 0.05) is 11.8 Å². The van der Waals surface area contributed by atoms with Gasteiger partial charge in [0.05, 0.1) is 17.6 Å². The molecule has 0 bridgehead atoms. The maximum atomic E-state index is 11.6. The van der Waals surface area contributed by atoms with E-state index in [4.69, 9.17) is 10.5 Å². The number of anilines is 1. The summed E-state index contributed by atoms with van der Waals surface area (Å²) in [5.74, 6) is -0.299. The molecule has 0 spiro atoms. The first-order chi connectivity index (χ1) is 8.25. The van der Waals surface area contributed by atoms with E-state index >= 15 is 0 Å². The van der Waals surface area contributed by atoms with Crippen LogP contribution in [-0.2, 0) is 4.79 Å². The number of rotatable bonds is 4. The number of carbonyl (C=O) groups is 1. The summed E-state index contributed by atoms with van der Waals surface area (Å²) < 4.78 is 4.85. The van der Waals surface area contributed by atoms with Gasteiger partial charge < -0.3 is 15.8 Å². The molecule has 1 aromatic carbocycles. The van der Waals surface area contributed by atoms with Crippen molar-refractivity contribution in [1.82, 2.24) is 0 Å². The monoisotopic (exact) mass is 253 g/mol. The van der Waals surface area contributed by atoms with Crippen LogP contribution in [0, 0.1) is 10.1 Å². The molecule has 3 N–H and O–H groups in total. The van der Waals surface area contributed by atoms with E-state index in [-0.39, 0.29) is 11.4 Å². The van der Waals surface area contributed by atoms with Crippen molar-refractivity contribution in [3.05, 3.63) is 28.3 Å². The summed E-state index contributed by atoms with van der Waals surface area (Å²) in [6.07, 6.45) is 0. The first-order valence-corrected chi connectivity index (χ1v) is 5.18. The van der Waals surface area contributed by atoms with Crippen molar-refractivity contribution in [3.8, 4) is 5.75 Å². The maximum Gasteiger partial charge on any atom is 0.312 e. The molecule has 0 heterocycles. The largest absolute Gasteiger partial charge is 0.490 e. The van der Waals surface area contributed by atoms with Gasteiger partial charge >= 0.3 is 5.69 Å². The number of ether oxygens (including phenoxy) is 1. The lowest BCUT2D eigenvalue weighted by Crippen LogP contribution is -2.45. The van der Waals surface area contributed by atoms with Gasteiger partial charge in [-0.3, -0.25) is 14.9 Å². The van der Waals surface area contributed by atoms with E-state index in [0.29, 0.717) is 5.69 Å². The highest BCUT2D eigenvalue weighted by molar-refractivity contribution is 5.97. The van der Waals surface area contributed by atoms with Crippen molar-refractivity contribution >= 4 is 17.3 Å². The molecule has 98 valence electrons. The molecule has 18 heavy (non-hydrogen) atoms. The van der Waals surface area contributed by atoms with Gasteiger partial charge in [0.15, 0.2) is 5.75 Å². The van der Waals surface area contributed by atoms with E-state index in [0.717, 1.165) is 0 Å². The molecule has 1 amide bonds. The molecule has 7 heteroatoms. The van der Waals surface area contributed by atoms with Gasteiger partial charge in [0.25, 0.3) is 0 Å². The third-order valence-corrected chi connectivity index (χ3v) is 2.22. The Balaban J connectivity index is 3.03. The summed E-state index contributed by atoms with van der Waals surface area (Å²) in [7, 11) is 1.34.